The number of nitrogens with zero attached hydrogens (tertiary/aromatic N) is 4. The molecule has 0 bridgehead atoms. The molecule has 0 aliphatic heterocycles. The van der Waals surface area contributed by atoms with Gasteiger partial charge in [-0.05, 0) is 58.2 Å². The van der Waals surface area contributed by atoms with Gasteiger partial charge in [0.1, 0.15) is 5.69 Å². The molecule has 2 aromatic heterocycles. The van der Waals surface area contributed by atoms with Crippen LogP contribution in [-0.2, 0) is 13.0 Å². The Morgan fingerprint density at radius 1 is 1.09 bits per heavy atom. The Labute approximate surface area is 207 Å². The maximum absolute atomic E-state index is 13.4. The van der Waals surface area contributed by atoms with Gasteiger partial charge in [-0.25, -0.2) is 4.98 Å². The molecule has 35 heavy (non-hydrogen) atoms. The molecule has 2 amide bonds. The molecular weight excluding hydrogens is 442 g/mol. The number of hydrogen-bond donors (Lipinski definition) is 1. The Balaban J connectivity index is 1.75. The molecule has 2 heterocycles. The van der Waals surface area contributed by atoms with Gasteiger partial charge in [-0.2, -0.15) is 5.10 Å². The van der Waals surface area contributed by atoms with Crippen LogP contribution in [0.25, 0.3) is 0 Å². The van der Waals surface area contributed by atoms with Gasteiger partial charge >= 0.3 is 0 Å². The Bertz CT molecular complexity index is 1140. The van der Waals surface area contributed by atoms with Crippen molar-refractivity contribution < 1.29 is 14.3 Å². The number of likely N-dealkylation sites (N-methyl/N-ethyl adjacent to an activating group) is 1. The fourth-order valence-electron chi connectivity index (χ4n) is 4.08. The summed E-state index contributed by atoms with van der Waals surface area (Å²) in [5.74, 6) is 0.174. The van der Waals surface area contributed by atoms with Crippen molar-refractivity contribution in [2.75, 3.05) is 20.2 Å². The van der Waals surface area contributed by atoms with Gasteiger partial charge < -0.3 is 15.0 Å². The molecule has 8 heteroatoms. The molecule has 0 saturated carbocycles. The molecule has 0 aliphatic rings. The molecule has 8 nitrogen and oxygen atoms in total. The van der Waals surface area contributed by atoms with Crippen LogP contribution < -0.4 is 10.1 Å². The van der Waals surface area contributed by atoms with Gasteiger partial charge in [-0.3, -0.25) is 14.3 Å². The first-order valence-electron chi connectivity index (χ1n) is 12.1. The van der Waals surface area contributed by atoms with Crippen LogP contribution in [0.4, 0.5) is 0 Å². The molecule has 0 aliphatic carbocycles. The predicted octanol–water partition coefficient (Wildman–Crippen LogP) is 3.82. The van der Waals surface area contributed by atoms with Crippen LogP contribution in [-0.4, -0.2) is 57.7 Å². The molecule has 0 unspecified atom stereocenters. The SMILES string of the molecule is CCOc1cc(C(=O)N(C)[C@H](CCNC(=O)c2cc(C)nn2CC)Cc2ccccc2)cc(C)n1. The zero-order valence-corrected chi connectivity index (χ0v) is 21.2. The fourth-order valence-corrected chi connectivity index (χ4v) is 4.08. The highest BCUT2D eigenvalue weighted by Crippen LogP contribution is 2.18. The lowest BCUT2D eigenvalue weighted by atomic mass is 10.0. The molecule has 186 valence electrons. The summed E-state index contributed by atoms with van der Waals surface area (Å²) in [7, 11) is 1.81. The number of aromatic nitrogens is 3. The van der Waals surface area contributed by atoms with Crippen molar-refractivity contribution >= 4 is 11.8 Å². The van der Waals surface area contributed by atoms with Crippen LogP contribution in [0.3, 0.4) is 0 Å². The summed E-state index contributed by atoms with van der Waals surface area (Å²) >= 11 is 0. The molecule has 3 rings (SSSR count). The molecule has 1 N–H and O–H groups in total. The molecule has 0 radical (unpaired) electrons. The van der Waals surface area contributed by atoms with Gasteiger partial charge in [0.2, 0.25) is 5.88 Å². The number of benzene rings is 1. The van der Waals surface area contributed by atoms with E-state index < -0.39 is 0 Å². The Kier molecular flexibility index (Phi) is 9.00. The standard InChI is InChI=1S/C27H35N5O3/c1-6-32-24(16-20(4)30-32)26(33)28-14-13-23(17-21-11-9-8-10-12-21)31(5)27(34)22-15-19(3)29-25(18-22)35-7-2/h8-12,15-16,18,23H,6-7,13-14,17H2,1-5H3,(H,28,33)/t23-/m1/s1. The van der Waals surface area contributed by atoms with E-state index in [9.17, 15) is 9.59 Å². The smallest absolute Gasteiger partial charge is 0.269 e. The zero-order valence-electron chi connectivity index (χ0n) is 21.2. The van der Waals surface area contributed by atoms with Gasteiger partial charge in [0, 0.05) is 43.5 Å². The van der Waals surface area contributed by atoms with Crippen LogP contribution in [0.1, 0.15) is 58.1 Å². The number of carbonyl (C=O) groups excluding carboxylic acids is 2. The largest absolute Gasteiger partial charge is 0.478 e. The Morgan fingerprint density at radius 2 is 1.83 bits per heavy atom. The second-order valence-electron chi connectivity index (χ2n) is 8.56. The lowest BCUT2D eigenvalue weighted by Gasteiger charge is -2.29. The maximum Gasteiger partial charge on any atom is 0.269 e. The lowest BCUT2D eigenvalue weighted by Crippen LogP contribution is -2.41. The minimum absolute atomic E-state index is 0.108. The first-order valence-corrected chi connectivity index (χ1v) is 12.1. The molecule has 1 aromatic carbocycles. The van der Waals surface area contributed by atoms with E-state index in [4.69, 9.17) is 4.74 Å². The van der Waals surface area contributed by atoms with Crippen molar-refractivity contribution in [2.45, 2.75) is 53.1 Å². The summed E-state index contributed by atoms with van der Waals surface area (Å²) in [5, 5.41) is 7.35. The van der Waals surface area contributed by atoms with Crippen molar-refractivity contribution in [1.29, 1.82) is 0 Å². The van der Waals surface area contributed by atoms with Gasteiger partial charge in [-0.15, -0.1) is 0 Å². The summed E-state index contributed by atoms with van der Waals surface area (Å²) in [6.45, 7) is 9.10. The Hall–Kier alpha value is -3.68. The maximum atomic E-state index is 13.4. The fraction of sp³-hybridized carbons (Fsp3) is 0.407. The predicted molar refractivity (Wildman–Crippen MR) is 136 cm³/mol. The van der Waals surface area contributed by atoms with Crippen molar-refractivity contribution in [3.05, 3.63) is 76.7 Å². The highest BCUT2D eigenvalue weighted by Gasteiger charge is 2.23. The zero-order chi connectivity index (χ0) is 25.4. The summed E-state index contributed by atoms with van der Waals surface area (Å²) in [4.78, 5) is 32.3. The summed E-state index contributed by atoms with van der Waals surface area (Å²) in [6, 6.07) is 15.2. The van der Waals surface area contributed by atoms with Crippen molar-refractivity contribution in [3.63, 3.8) is 0 Å². The monoisotopic (exact) mass is 477 g/mol. The van der Waals surface area contributed by atoms with Crippen LogP contribution in [0.2, 0.25) is 0 Å². The molecular formula is C27H35N5O3. The third-order valence-electron chi connectivity index (χ3n) is 5.85. The molecule has 3 aromatic rings. The minimum atomic E-state index is -0.161. The number of rotatable bonds is 11. The van der Waals surface area contributed by atoms with Gasteiger partial charge in [0.05, 0.1) is 12.3 Å². The summed E-state index contributed by atoms with van der Waals surface area (Å²) < 4.78 is 7.23. The number of ether oxygens (including phenoxy) is 1. The third-order valence-corrected chi connectivity index (χ3v) is 5.85. The molecule has 0 saturated heterocycles. The van der Waals surface area contributed by atoms with Gasteiger partial charge in [-0.1, -0.05) is 30.3 Å². The van der Waals surface area contributed by atoms with Crippen molar-refractivity contribution in [3.8, 4) is 5.88 Å². The summed E-state index contributed by atoms with van der Waals surface area (Å²) in [6.07, 6.45) is 1.28. The number of nitrogens with one attached hydrogen (secondary N) is 1. The Morgan fingerprint density at radius 3 is 2.51 bits per heavy atom. The molecule has 1 atom stereocenters. The number of amides is 2. The highest BCUT2D eigenvalue weighted by atomic mass is 16.5. The quantitative estimate of drug-likeness (QED) is 0.454. The average Bonchev–Trinajstić information content (AvgIpc) is 3.23. The van der Waals surface area contributed by atoms with Crippen LogP contribution in [0.5, 0.6) is 5.88 Å². The lowest BCUT2D eigenvalue weighted by molar-refractivity contribution is 0.0722. The number of pyridine rings is 1. The van der Waals surface area contributed by atoms with Crippen LogP contribution >= 0.6 is 0 Å². The van der Waals surface area contributed by atoms with Gasteiger partial charge in [0.15, 0.2) is 0 Å². The minimum Gasteiger partial charge on any atom is -0.478 e. The number of carbonyl (C=O) groups is 2. The topological polar surface area (TPSA) is 89.4 Å². The summed E-state index contributed by atoms with van der Waals surface area (Å²) in [5.41, 5.74) is 3.74. The van der Waals surface area contributed by atoms with E-state index in [2.05, 4.69) is 27.5 Å². The second-order valence-corrected chi connectivity index (χ2v) is 8.56. The third kappa shape index (κ3) is 6.91. The number of hydrogen-bond acceptors (Lipinski definition) is 5. The van der Waals surface area contributed by atoms with E-state index in [-0.39, 0.29) is 17.9 Å². The normalized spacial score (nSPS) is 11.7. The van der Waals surface area contributed by atoms with Crippen LogP contribution in [0, 0.1) is 13.8 Å². The number of aryl methyl sites for hydroxylation is 3. The van der Waals surface area contributed by atoms with E-state index in [0.717, 1.165) is 17.0 Å². The molecule has 0 spiro atoms. The van der Waals surface area contributed by atoms with E-state index in [0.29, 0.717) is 49.7 Å². The second kappa shape index (κ2) is 12.1. The van der Waals surface area contributed by atoms with E-state index >= 15 is 0 Å². The van der Waals surface area contributed by atoms with E-state index in [1.807, 2.05) is 52.9 Å². The average molecular weight is 478 g/mol. The van der Waals surface area contributed by atoms with E-state index in [1.54, 1.807) is 27.8 Å². The van der Waals surface area contributed by atoms with Crippen molar-refractivity contribution in [1.82, 2.24) is 25.0 Å². The van der Waals surface area contributed by atoms with E-state index in [1.165, 1.54) is 0 Å². The first kappa shape index (κ1) is 25.9. The highest BCUT2D eigenvalue weighted by molar-refractivity contribution is 5.95. The van der Waals surface area contributed by atoms with Gasteiger partial charge in [0.25, 0.3) is 11.8 Å². The molecule has 0 fully saturated rings. The van der Waals surface area contributed by atoms with Crippen LogP contribution in [0.15, 0.2) is 48.5 Å². The first-order chi connectivity index (χ1) is 16.8. The van der Waals surface area contributed by atoms with Crippen molar-refractivity contribution in [2.24, 2.45) is 0 Å².